The summed E-state index contributed by atoms with van der Waals surface area (Å²) >= 11 is 0. The first-order valence-electron chi connectivity index (χ1n) is 3.48. The Bertz CT molecular complexity index is 338. The van der Waals surface area contributed by atoms with Gasteiger partial charge in [-0.1, -0.05) is 17.3 Å². The molecule has 0 aliphatic heterocycles. The van der Waals surface area contributed by atoms with Gasteiger partial charge < -0.3 is 0 Å². The van der Waals surface area contributed by atoms with Gasteiger partial charge in [-0.05, 0) is 5.53 Å². The van der Waals surface area contributed by atoms with Crippen molar-refractivity contribution in [2.75, 3.05) is 6.54 Å². The normalized spacial score (nSPS) is 9.92. The van der Waals surface area contributed by atoms with Crippen LogP contribution >= 0.6 is 0 Å². The van der Waals surface area contributed by atoms with E-state index in [1.165, 1.54) is 12.4 Å². The fourth-order valence-electron chi connectivity index (χ4n) is 0.681. The predicted octanol–water partition coefficient (Wildman–Crippen LogP) is 1.94. The Morgan fingerprint density at radius 1 is 1.54 bits per heavy atom. The molecule has 0 saturated carbocycles. The van der Waals surface area contributed by atoms with Crippen molar-refractivity contribution >= 4 is 6.08 Å². The fourth-order valence-corrected chi connectivity index (χ4v) is 0.681. The van der Waals surface area contributed by atoms with Gasteiger partial charge in [0, 0.05) is 29.4 Å². The maximum atomic E-state index is 12.2. The summed E-state index contributed by atoms with van der Waals surface area (Å²) in [7, 11) is 0. The van der Waals surface area contributed by atoms with Crippen LogP contribution in [0.15, 0.2) is 23.6 Å². The van der Waals surface area contributed by atoms with Gasteiger partial charge in [-0.2, -0.15) is 4.39 Å². The van der Waals surface area contributed by atoms with Crippen molar-refractivity contribution in [2.24, 2.45) is 5.11 Å². The Morgan fingerprint density at radius 3 is 2.85 bits per heavy atom. The van der Waals surface area contributed by atoms with Gasteiger partial charge in [-0.25, -0.2) is 9.97 Å². The van der Waals surface area contributed by atoms with E-state index in [1.807, 2.05) is 0 Å². The first-order valence-corrected chi connectivity index (χ1v) is 3.48. The van der Waals surface area contributed by atoms with Gasteiger partial charge in [-0.15, -0.1) is 0 Å². The molecule has 1 aromatic heterocycles. The quantitative estimate of drug-likeness (QED) is 0.307. The van der Waals surface area contributed by atoms with E-state index in [1.54, 1.807) is 12.2 Å². The zero-order valence-electron chi connectivity index (χ0n) is 6.63. The van der Waals surface area contributed by atoms with E-state index < -0.39 is 6.08 Å². The first-order chi connectivity index (χ1) is 6.33. The average molecular weight is 179 g/mol. The molecule has 0 bridgehead atoms. The molecule has 0 amide bonds. The second kappa shape index (κ2) is 4.84. The Balaban J connectivity index is 2.58. The zero-order chi connectivity index (χ0) is 9.52. The molecule has 5 nitrogen and oxygen atoms in total. The smallest absolute Gasteiger partial charge is 0.210 e. The van der Waals surface area contributed by atoms with Crippen molar-refractivity contribution in [2.45, 2.75) is 0 Å². The summed E-state index contributed by atoms with van der Waals surface area (Å²) < 4.78 is 12.2. The Kier molecular flexibility index (Phi) is 3.41. The number of rotatable bonds is 3. The summed E-state index contributed by atoms with van der Waals surface area (Å²) in [5.74, 6) is 0. The summed E-state index contributed by atoms with van der Waals surface area (Å²) in [6, 6.07) is 0. The van der Waals surface area contributed by atoms with Crippen LogP contribution in [0.1, 0.15) is 5.56 Å². The van der Waals surface area contributed by atoms with Crippen molar-refractivity contribution < 1.29 is 4.39 Å². The van der Waals surface area contributed by atoms with Crippen molar-refractivity contribution in [3.05, 3.63) is 40.6 Å². The molecule has 0 aromatic carbocycles. The zero-order valence-corrected chi connectivity index (χ0v) is 6.63. The summed E-state index contributed by atoms with van der Waals surface area (Å²) in [5.41, 5.74) is 8.61. The van der Waals surface area contributed by atoms with Gasteiger partial charge in [0.2, 0.25) is 0 Å². The van der Waals surface area contributed by atoms with Gasteiger partial charge >= 0.3 is 6.08 Å². The Hall–Kier alpha value is -1.94. The van der Waals surface area contributed by atoms with E-state index in [2.05, 4.69) is 20.0 Å². The molecule has 66 valence electrons. The molecule has 1 rings (SSSR count). The molecule has 6 heteroatoms. The van der Waals surface area contributed by atoms with Crippen molar-refractivity contribution in [3.63, 3.8) is 0 Å². The number of aromatic nitrogens is 2. The Labute approximate surface area is 73.6 Å². The number of azide groups is 1. The molecule has 0 radical (unpaired) electrons. The van der Waals surface area contributed by atoms with E-state index in [0.29, 0.717) is 5.56 Å². The molecule has 0 aliphatic carbocycles. The third-order valence-electron chi connectivity index (χ3n) is 1.20. The van der Waals surface area contributed by atoms with Crippen LogP contribution in [0, 0.1) is 6.08 Å². The minimum atomic E-state index is -0.757. The monoisotopic (exact) mass is 179 g/mol. The van der Waals surface area contributed by atoms with Gasteiger partial charge in [0.05, 0.1) is 0 Å². The van der Waals surface area contributed by atoms with E-state index in [9.17, 15) is 4.39 Å². The van der Waals surface area contributed by atoms with Crippen LogP contribution in [0.5, 0.6) is 0 Å². The van der Waals surface area contributed by atoms with E-state index in [-0.39, 0.29) is 6.54 Å². The highest BCUT2D eigenvalue weighted by atomic mass is 19.1. The summed E-state index contributed by atoms with van der Waals surface area (Å²) in [6.45, 7) is 0.258. The number of hydrogen-bond acceptors (Lipinski definition) is 3. The van der Waals surface area contributed by atoms with Crippen LogP contribution in [0.25, 0.3) is 16.5 Å². The fraction of sp³-hybridized carbons (Fsp3) is 0.143. The van der Waals surface area contributed by atoms with E-state index in [4.69, 9.17) is 5.53 Å². The van der Waals surface area contributed by atoms with Crippen LogP contribution < -0.4 is 0 Å². The average Bonchev–Trinajstić information content (AvgIpc) is 2.15. The van der Waals surface area contributed by atoms with Crippen molar-refractivity contribution in [1.82, 2.24) is 9.97 Å². The van der Waals surface area contributed by atoms with E-state index in [0.717, 1.165) is 0 Å². The van der Waals surface area contributed by atoms with Gasteiger partial charge in [0.25, 0.3) is 0 Å². The van der Waals surface area contributed by atoms with Gasteiger partial charge in [0.15, 0.2) is 0 Å². The molecule has 0 aliphatic rings. The summed E-state index contributed by atoms with van der Waals surface area (Å²) in [6.07, 6.45) is 5.21. The molecule has 1 heterocycles. The standard InChI is InChI=1S/C7H6FN5/c8-7-10-4-6(5-11-7)2-1-3-12-13-9/h1-2,4-5H,3H2. The number of nitrogens with zero attached hydrogens (tertiary/aromatic N) is 5. The predicted molar refractivity (Wildman–Crippen MR) is 45.0 cm³/mol. The largest absolute Gasteiger partial charge is 0.308 e. The van der Waals surface area contributed by atoms with Crippen LogP contribution in [0.2, 0.25) is 0 Å². The molecule has 1 aromatic rings. The topological polar surface area (TPSA) is 74.5 Å². The minimum absolute atomic E-state index is 0.258. The lowest BCUT2D eigenvalue weighted by Gasteiger charge is -1.89. The van der Waals surface area contributed by atoms with Crippen LogP contribution in [0.3, 0.4) is 0 Å². The second-order valence-corrected chi connectivity index (χ2v) is 2.10. The van der Waals surface area contributed by atoms with Gasteiger partial charge in [-0.3, -0.25) is 0 Å². The molecule has 0 unspecified atom stereocenters. The Morgan fingerprint density at radius 2 is 2.23 bits per heavy atom. The van der Waals surface area contributed by atoms with Crippen molar-refractivity contribution in [3.8, 4) is 0 Å². The van der Waals surface area contributed by atoms with Crippen LogP contribution in [-0.4, -0.2) is 16.5 Å². The first kappa shape index (κ1) is 9.15. The third-order valence-corrected chi connectivity index (χ3v) is 1.20. The molecular formula is C7H6FN5. The van der Waals surface area contributed by atoms with E-state index >= 15 is 0 Å². The maximum Gasteiger partial charge on any atom is 0.308 e. The number of hydrogen-bond donors (Lipinski definition) is 0. The number of halogens is 1. The highest BCUT2D eigenvalue weighted by Gasteiger charge is 1.90. The summed E-state index contributed by atoms with van der Waals surface area (Å²) in [4.78, 5) is 9.25. The molecule has 0 saturated heterocycles. The molecule has 0 N–H and O–H groups in total. The lowest BCUT2D eigenvalue weighted by molar-refractivity contribution is 0.538. The summed E-state index contributed by atoms with van der Waals surface area (Å²) in [5, 5.41) is 3.28. The molecular weight excluding hydrogens is 173 g/mol. The molecule has 0 atom stereocenters. The molecule has 0 fully saturated rings. The third kappa shape index (κ3) is 3.31. The molecule has 13 heavy (non-hydrogen) atoms. The lowest BCUT2D eigenvalue weighted by atomic mass is 10.3. The van der Waals surface area contributed by atoms with Crippen LogP contribution in [0.4, 0.5) is 4.39 Å². The second-order valence-electron chi connectivity index (χ2n) is 2.10. The SMILES string of the molecule is [N-]=[N+]=NCC=Cc1cnc(F)nc1. The van der Waals surface area contributed by atoms with Gasteiger partial charge in [0.1, 0.15) is 0 Å². The van der Waals surface area contributed by atoms with Crippen LogP contribution in [-0.2, 0) is 0 Å². The lowest BCUT2D eigenvalue weighted by Crippen LogP contribution is -1.87. The highest BCUT2D eigenvalue weighted by molar-refractivity contribution is 5.46. The maximum absolute atomic E-state index is 12.2. The minimum Gasteiger partial charge on any atom is -0.210 e. The molecule has 0 spiro atoms. The highest BCUT2D eigenvalue weighted by Crippen LogP contribution is 1.97. The van der Waals surface area contributed by atoms with Crippen molar-refractivity contribution in [1.29, 1.82) is 0 Å².